The van der Waals surface area contributed by atoms with Gasteiger partial charge in [0.15, 0.2) is 0 Å². The second-order valence-electron chi connectivity index (χ2n) is 5.05. The molecule has 0 spiro atoms. The fourth-order valence-corrected chi connectivity index (χ4v) is 3.73. The molecule has 4 nitrogen and oxygen atoms in total. The number of nitrogens with zero attached hydrogens (tertiary/aromatic N) is 1. The Balaban J connectivity index is 1.89. The van der Waals surface area contributed by atoms with E-state index in [-0.39, 0.29) is 11.9 Å². The highest BCUT2D eigenvalue weighted by Gasteiger charge is 2.36. The number of likely N-dealkylation sites (tertiary alicyclic amines) is 1. The third-order valence-corrected chi connectivity index (χ3v) is 4.75. The maximum absolute atomic E-state index is 12.8. The molecule has 110 valence electrons. The molecule has 1 atom stereocenters. The number of thiophene rings is 1. The second-order valence-corrected chi connectivity index (χ2v) is 5.97. The molecular formula is C16H17NO3S. The minimum atomic E-state index is -0.434. The summed E-state index contributed by atoms with van der Waals surface area (Å²) in [4.78, 5) is 26.4. The Morgan fingerprint density at radius 1 is 1.38 bits per heavy atom. The molecule has 1 aliphatic heterocycles. The molecule has 5 heteroatoms. The number of esters is 1. The SMILES string of the molecule is CCOC(=O)C1CCCN1C(=O)c1csc2ccccc12. The van der Waals surface area contributed by atoms with Gasteiger partial charge in [-0.1, -0.05) is 18.2 Å². The summed E-state index contributed by atoms with van der Waals surface area (Å²) in [5.74, 6) is -0.356. The highest BCUT2D eigenvalue weighted by atomic mass is 32.1. The zero-order valence-corrected chi connectivity index (χ0v) is 12.7. The highest BCUT2D eigenvalue weighted by Crippen LogP contribution is 2.29. The van der Waals surface area contributed by atoms with Crippen LogP contribution in [0.5, 0.6) is 0 Å². The first-order valence-electron chi connectivity index (χ1n) is 7.16. The fourth-order valence-electron chi connectivity index (χ4n) is 2.79. The van der Waals surface area contributed by atoms with E-state index in [1.54, 1.807) is 23.2 Å². The van der Waals surface area contributed by atoms with Crippen molar-refractivity contribution in [3.63, 3.8) is 0 Å². The Labute approximate surface area is 127 Å². The lowest BCUT2D eigenvalue weighted by Crippen LogP contribution is -2.41. The van der Waals surface area contributed by atoms with E-state index in [1.165, 1.54) is 0 Å². The standard InChI is InChI=1S/C16H17NO3S/c1-2-20-16(19)13-7-5-9-17(13)15(18)12-10-21-14-8-4-3-6-11(12)14/h3-4,6,8,10,13H,2,5,7,9H2,1H3. The molecule has 0 aliphatic carbocycles. The van der Waals surface area contributed by atoms with Gasteiger partial charge in [0, 0.05) is 22.0 Å². The first-order valence-corrected chi connectivity index (χ1v) is 8.04. The Hall–Kier alpha value is -1.88. The summed E-state index contributed by atoms with van der Waals surface area (Å²) in [5, 5.41) is 2.84. The van der Waals surface area contributed by atoms with Crippen LogP contribution in [-0.2, 0) is 9.53 Å². The van der Waals surface area contributed by atoms with E-state index in [9.17, 15) is 9.59 Å². The van der Waals surface area contributed by atoms with E-state index >= 15 is 0 Å². The molecule has 1 aromatic heterocycles. The second kappa shape index (κ2) is 5.85. The molecule has 0 N–H and O–H groups in total. The zero-order chi connectivity index (χ0) is 14.8. The molecule has 21 heavy (non-hydrogen) atoms. The van der Waals surface area contributed by atoms with Gasteiger partial charge in [-0.15, -0.1) is 11.3 Å². The van der Waals surface area contributed by atoms with E-state index < -0.39 is 6.04 Å². The first kappa shape index (κ1) is 14.1. The summed E-state index contributed by atoms with van der Waals surface area (Å²) in [7, 11) is 0. The van der Waals surface area contributed by atoms with Crippen molar-refractivity contribution in [2.75, 3.05) is 13.2 Å². The number of ether oxygens (including phenoxy) is 1. The molecule has 1 fully saturated rings. The van der Waals surface area contributed by atoms with Gasteiger partial charge in [0.25, 0.3) is 5.91 Å². The van der Waals surface area contributed by atoms with E-state index in [4.69, 9.17) is 4.74 Å². The van der Waals surface area contributed by atoms with Crippen LogP contribution in [0.2, 0.25) is 0 Å². The smallest absolute Gasteiger partial charge is 0.328 e. The topological polar surface area (TPSA) is 46.6 Å². The average Bonchev–Trinajstić information content (AvgIpc) is 3.14. The zero-order valence-electron chi connectivity index (χ0n) is 11.9. The van der Waals surface area contributed by atoms with E-state index in [2.05, 4.69) is 0 Å². The van der Waals surface area contributed by atoms with Crippen LogP contribution < -0.4 is 0 Å². The Morgan fingerprint density at radius 2 is 2.19 bits per heavy atom. The van der Waals surface area contributed by atoms with E-state index in [0.29, 0.717) is 25.1 Å². The predicted molar refractivity (Wildman–Crippen MR) is 82.5 cm³/mol. The Kier molecular flexibility index (Phi) is 3.92. The van der Waals surface area contributed by atoms with Crippen LogP contribution in [0.25, 0.3) is 10.1 Å². The van der Waals surface area contributed by atoms with Gasteiger partial charge >= 0.3 is 5.97 Å². The van der Waals surface area contributed by atoms with Crippen LogP contribution in [-0.4, -0.2) is 36.0 Å². The summed E-state index contributed by atoms with van der Waals surface area (Å²) >= 11 is 1.56. The van der Waals surface area contributed by atoms with Crippen molar-refractivity contribution in [3.05, 3.63) is 35.2 Å². The number of amides is 1. The first-order chi connectivity index (χ1) is 10.2. The minimum absolute atomic E-state index is 0.0667. The lowest BCUT2D eigenvalue weighted by molar-refractivity contribution is -0.147. The molecule has 2 heterocycles. The van der Waals surface area contributed by atoms with Crippen molar-refractivity contribution in [2.45, 2.75) is 25.8 Å². The molecule has 1 amide bonds. The number of hydrogen-bond acceptors (Lipinski definition) is 4. The summed E-state index contributed by atoms with van der Waals surface area (Å²) in [6, 6.07) is 7.41. The van der Waals surface area contributed by atoms with Crippen LogP contribution in [0.15, 0.2) is 29.6 Å². The molecule has 3 rings (SSSR count). The molecule has 1 unspecified atom stereocenters. The number of hydrogen-bond donors (Lipinski definition) is 0. The van der Waals surface area contributed by atoms with Gasteiger partial charge in [0.2, 0.25) is 0 Å². The molecule has 0 saturated carbocycles. The quantitative estimate of drug-likeness (QED) is 0.819. The lowest BCUT2D eigenvalue weighted by Gasteiger charge is -2.22. The lowest BCUT2D eigenvalue weighted by atomic mass is 10.1. The van der Waals surface area contributed by atoms with Gasteiger partial charge in [0.05, 0.1) is 12.2 Å². The molecule has 1 aliphatic rings. The predicted octanol–water partition coefficient (Wildman–Crippen LogP) is 3.07. The molecule has 2 aromatic rings. The number of carbonyl (C=O) groups excluding carboxylic acids is 2. The summed E-state index contributed by atoms with van der Waals surface area (Å²) in [5.41, 5.74) is 0.687. The summed E-state index contributed by atoms with van der Waals surface area (Å²) < 4.78 is 6.17. The number of carbonyl (C=O) groups is 2. The molecule has 0 radical (unpaired) electrons. The van der Waals surface area contributed by atoms with Crippen LogP contribution in [0.4, 0.5) is 0 Å². The summed E-state index contributed by atoms with van der Waals surface area (Å²) in [6.45, 7) is 2.75. The molecule has 1 aromatic carbocycles. The van der Waals surface area contributed by atoms with Crippen LogP contribution in [0.1, 0.15) is 30.1 Å². The van der Waals surface area contributed by atoms with Gasteiger partial charge in [-0.2, -0.15) is 0 Å². The average molecular weight is 303 g/mol. The van der Waals surface area contributed by atoms with E-state index in [0.717, 1.165) is 16.5 Å². The Bertz CT molecular complexity index is 679. The number of fused-ring (bicyclic) bond motifs is 1. The van der Waals surface area contributed by atoms with Gasteiger partial charge in [-0.25, -0.2) is 4.79 Å². The number of benzene rings is 1. The Morgan fingerprint density at radius 3 is 3.00 bits per heavy atom. The van der Waals surface area contributed by atoms with Crippen LogP contribution in [0, 0.1) is 0 Å². The third-order valence-electron chi connectivity index (χ3n) is 3.78. The van der Waals surface area contributed by atoms with Gasteiger partial charge in [0.1, 0.15) is 6.04 Å². The maximum atomic E-state index is 12.8. The van der Waals surface area contributed by atoms with Gasteiger partial charge in [-0.05, 0) is 25.8 Å². The molecular weight excluding hydrogens is 286 g/mol. The molecule has 1 saturated heterocycles. The third kappa shape index (κ3) is 2.53. The van der Waals surface area contributed by atoms with Crippen LogP contribution >= 0.6 is 11.3 Å². The minimum Gasteiger partial charge on any atom is -0.464 e. The normalized spacial score (nSPS) is 18.1. The maximum Gasteiger partial charge on any atom is 0.328 e. The van der Waals surface area contributed by atoms with Crippen molar-refractivity contribution in [3.8, 4) is 0 Å². The van der Waals surface area contributed by atoms with Crippen molar-refractivity contribution < 1.29 is 14.3 Å². The van der Waals surface area contributed by atoms with E-state index in [1.807, 2.05) is 29.6 Å². The monoisotopic (exact) mass is 303 g/mol. The van der Waals surface area contributed by atoms with Crippen LogP contribution in [0.3, 0.4) is 0 Å². The van der Waals surface area contributed by atoms with Crippen molar-refractivity contribution >= 4 is 33.3 Å². The summed E-state index contributed by atoms with van der Waals surface area (Å²) in [6.07, 6.45) is 1.53. The number of rotatable bonds is 3. The highest BCUT2D eigenvalue weighted by molar-refractivity contribution is 7.17. The van der Waals surface area contributed by atoms with Crippen molar-refractivity contribution in [1.82, 2.24) is 4.90 Å². The fraction of sp³-hybridized carbons (Fsp3) is 0.375. The van der Waals surface area contributed by atoms with Crippen molar-refractivity contribution in [1.29, 1.82) is 0 Å². The van der Waals surface area contributed by atoms with Gasteiger partial charge in [-0.3, -0.25) is 4.79 Å². The van der Waals surface area contributed by atoms with Crippen molar-refractivity contribution in [2.24, 2.45) is 0 Å². The largest absolute Gasteiger partial charge is 0.464 e. The molecule has 0 bridgehead atoms. The van der Waals surface area contributed by atoms with Gasteiger partial charge < -0.3 is 9.64 Å².